The summed E-state index contributed by atoms with van der Waals surface area (Å²) in [5, 5.41) is 0. The Morgan fingerprint density at radius 1 is 0.385 bits per heavy atom. The smallest absolute Gasteiger partial charge is 0.192 e. The monoisotopic (exact) mass is 612 g/mol. The third kappa shape index (κ3) is 25.9. The molecule has 0 N–H and O–H groups in total. The van der Waals surface area contributed by atoms with Crippen molar-refractivity contribution in [3.05, 3.63) is 0 Å². The van der Waals surface area contributed by atoms with Gasteiger partial charge < -0.3 is 0 Å². The lowest BCUT2D eigenvalue weighted by atomic mass is 10.0. The molecule has 236 valence electrons. The van der Waals surface area contributed by atoms with Crippen LogP contribution < -0.4 is 0 Å². The maximum absolute atomic E-state index is 12.5. The van der Waals surface area contributed by atoms with Crippen LogP contribution in [0.5, 0.6) is 0 Å². The number of unbranched alkanes of at least 4 members (excludes halogenated alkanes) is 26. The summed E-state index contributed by atoms with van der Waals surface area (Å²) in [6.07, 6.45) is 36.1. The third-order valence-electron chi connectivity index (χ3n) is 8.02. The van der Waals surface area contributed by atoms with Gasteiger partial charge in [-0.1, -0.05) is 181 Å². The molecule has 4 nitrogen and oxygen atoms in total. The van der Waals surface area contributed by atoms with E-state index in [0.29, 0.717) is 16.4 Å². The van der Waals surface area contributed by atoms with E-state index in [9.17, 15) is 8.42 Å². The zero-order valence-corrected chi connectivity index (χ0v) is 28.4. The number of hydrogen-bond donors (Lipinski definition) is 0. The minimum Gasteiger partial charge on any atom is -0.192 e. The molecule has 0 saturated carbocycles. The van der Waals surface area contributed by atoms with Crippen molar-refractivity contribution in [2.45, 2.75) is 194 Å². The van der Waals surface area contributed by atoms with E-state index in [1.807, 2.05) is 0 Å². The molecule has 0 spiro atoms. The van der Waals surface area contributed by atoms with Crippen molar-refractivity contribution in [3.8, 4) is 0 Å². The predicted molar refractivity (Wildman–Crippen MR) is 175 cm³/mol. The van der Waals surface area contributed by atoms with Gasteiger partial charge in [-0.2, -0.15) is 12.7 Å². The zero-order valence-electron chi connectivity index (χ0n) is 26.1. The molecular formula is C32H66Cl2N2O2S. The topological polar surface area (TPSA) is 40.6 Å². The first-order chi connectivity index (χ1) is 19.0. The molecule has 39 heavy (non-hydrogen) atoms. The van der Waals surface area contributed by atoms with E-state index >= 15 is 0 Å². The summed E-state index contributed by atoms with van der Waals surface area (Å²) >= 11 is 11.3. The van der Waals surface area contributed by atoms with Gasteiger partial charge in [0, 0.05) is 36.6 Å². The molecular weight excluding hydrogens is 547 g/mol. The second-order valence-corrected chi connectivity index (χ2v) is 14.8. The highest BCUT2D eigenvalue weighted by Gasteiger charge is 2.26. The van der Waals surface area contributed by atoms with Crippen molar-refractivity contribution >= 4 is 33.8 Å². The summed E-state index contributed by atoms with van der Waals surface area (Å²) in [4.78, 5) is 0. The van der Waals surface area contributed by atoms with E-state index in [2.05, 4.69) is 13.8 Å². The van der Waals surface area contributed by atoms with Gasteiger partial charge in [0.15, 0.2) is 0 Å². The van der Waals surface area contributed by atoms with Gasteiger partial charge in [-0.3, -0.25) is 0 Å². The zero-order chi connectivity index (χ0) is 28.9. The minimum absolute atomic E-state index is 0.334. The molecule has 0 aromatic heterocycles. The molecule has 0 aliphatic rings. The lowest BCUT2D eigenvalue weighted by Gasteiger charge is -2.22. The molecule has 0 aliphatic heterocycles. The highest BCUT2D eigenvalue weighted by molar-refractivity contribution is 7.88. The Balaban J connectivity index is 3.78. The van der Waals surface area contributed by atoms with Crippen molar-refractivity contribution in [1.29, 1.82) is 0 Å². The maximum Gasteiger partial charge on any atom is 0.309 e. The van der Waals surface area contributed by atoms with Crippen LogP contribution in [-0.2, 0) is 10.2 Å². The standard InChI is InChI=1S/C32H66Cl2N2O2S/c1-3-5-7-9-11-13-15-17-19-21-23-25-27-29-31-35(39(37,38)36(33)34)32-30-28-26-24-22-20-18-16-14-12-10-8-6-4-2/h3-32H2,1-2H3. The molecule has 0 aliphatic carbocycles. The highest BCUT2D eigenvalue weighted by atomic mass is 35.5. The molecule has 0 unspecified atom stereocenters. The van der Waals surface area contributed by atoms with Gasteiger partial charge in [0.1, 0.15) is 0 Å². The number of hydrogen-bond acceptors (Lipinski definition) is 2. The van der Waals surface area contributed by atoms with Crippen LogP contribution in [-0.4, -0.2) is 29.2 Å². The summed E-state index contributed by atoms with van der Waals surface area (Å²) < 4.78 is 26.9. The van der Waals surface area contributed by atoms with Gasteiger partial charge in [-0.25, -0.2) is 0 Å². The molecule has 0 saturated heterocycles. The van der Waals surface area contributed by atoms with Gasteiger partial charge >= 0.3 is 10.2 Å². The number of nitrogens with zero attached hydrogens (tertiary/aromatic N) is 2. The van der Waals surface area contributed by atoms with Gasteiger partial charge in [-0.15, -0.1) is 0 Å². The summed E-state index contributed by atoms with van der Waals surface area (Å²) in [5.74, 6) is 0. The first kappa shape index (κ1) is 39.5. The van der Waals surface area contributed by atoms with Gasteiger partial charge in [-0.05, 0) is 16.2 Å². The average Bonchev–Trinajstić information content (AvgIpc) is 2.92. The van der Waals surface area contributed by atoms with Crippen LogP contribution in [0.1, 0.15) is 194 Å². The molecule has 0 heterocycles. The number of rotatable bonds is 32. The Morgan fingerprint density at radius 2 is 0.590 bits per heavy atom. The maximum atomic E-state index is 12.5. The van der Waals surface area contributed by atoms with Crippen LogP contribution in [0.3, 0.4) is 0 Å². The van der Waals surface area contributed by atoms with Gasteiger partial charge in [0.05, 0.1) is 0 Å². The van der Waals surface area contributed by atoms with E-state index in [1.165, 1.54) is 158 Å². The first-order valence-corrected chi connectivity index (χ1v) is 19.2. The molecule has 0 aromatic carbocycles. The van der Waals surface area contributed by atoms with Crippen molar-refractivity contribution in [2.24, 2.45) is 0 Å². The van der Waals surface area contributed by atoms with E-state index in [0.717, 1.165) is 25.7 Å². The van der Waals surface area contributed by atoms with Crippen molar-refractivity contribution < 1.29 is 8.42 Å². The van der Waals surface area contributed by atoms with E-state index in [-0.39, 0.29) is 0 Å². The minimum atomic E-state index is -3.78. The molecule has 0 rings (SSSR count). The lowest BCUT2D eigenvalue weighted by molar-refractivity contribution is 0.374. The van der Waals surface area contributed by atoms with Crippen LogP contribution >= 0.6 is 23.6 Å². The summed E-state index contributed by atoms with van der Waals surface area (Å²) in [5.41, 5.74) is 0. The number of halogens is 2. The Labute approximate surface area is 255 Å². The van der Waals surface area contributed by atoms with Crippen LogP contribution in [0.4, 0.5) is 0 Å². The highest BCUT2D eigenvalue weighted by Crippen LogP contribution is 2.19. The molecule has 0 bridgehead atoms. The van der Waals surface area contributed by atoms with Crippen LogP contribution in [0, 0.1) is 0 Å². The van der Waals surface area contributed by atoms with Crippen LogP contribution in [0.25, 0.3) is 0 Å². The Kier molecular flexibility index (Phi) is 30.3. The van der Waals surface area contributed by atoms with Gasteiger partial charge in [0.2, 0.25) is 0 Å². The predicted octanol–water partition coefficient (Wildman–Crippen LogP) is 12.1. The van der Waals surface area contributed by atoms with Crippen molar-refractivity contribution in [1.82, 2.24) is 7.65 Å². The SMILES string of the molecule is CCCCCCCCCCCCCCCCN(CCCCCCCCCCCCCCCC)S(=O)(=O)N(Cl)Cl. The second-order valence-electron chi connectivity index (χ2n) is 11.8. The van der Waals surface area contributed by atoms with E-state index in [1.54, 1.807) is 0 Å². The van der Waals surface area contributed by atoms with Gasteiger partial charge in [0.25, 0.3) is 0 Å². The summed E-state index contributed by atoms with van der Waals surface area (Å²) in [6, 6.07) is 0. The van der Waals surface area contributed by atoms with Crippen molar-refractivity contribution in [2.75, 3.05) is 13.1 Å². The normalized spacial score (nSPS) is 12.3. The lowest BCUT2D eigenvalue weighted by Crippen LogP contribution is -2.37. The largest absolute Gasteiger partial charge is 0.309 e. The molecule has 0 radical (unpaired) electrons. The quantitative estimate of drug-likeness (QED) is 0.0559. The van der Waals surface area contributed by atoms with E-state index in [4.69, 9.17) is 23.6 Å². The van der Waals surface area contributed by atoms with Crippen molar-refractivity contribution in [3.63, 3.8) is 0 Å². The second kappa shape index (κ2) is 29.9. The third-order valence-corrected chi connectivity index (χ3v) is 10.4. The fourth-order valence-electron chi connectivity index (χ4n) is 5.40. The average molecular weight is 614 g/mol. The Morgan fingerprint density at radius 3 is 0.795 bits per heavy atom. The molecule has 0 aromatic rings. The summed E-state index contributed by atoms with van der Waals surface area (Å²) in [6.45, 7) is 5.56. The first-order valence-electron chi connectivity index (χ1n) is 17.1. The molecule has 7 heteroatoms. The van der Waals surface area contributed by atoms with Crippen LogP contribution in [0.2, 0.25) is 0 Å². The molecule has 0 fully saturated rings. The molecule has 0 amide bonds. The Bertz CT molecular complexity index is 559. The Hall–Kier alpha value is 0.450. The molecule has 0 atom stereocenters. The fraction of sp³-hybridized carbons (Fsp3) is 1.00. The fourth-order valence-corrected chi connectivity index (χ4v) is 6.81. The van der Waals surface area contributed by atoms with E-state index < -0.39 is 10.2 Å². The van der Waals surface area contributed by atoms with Crippen LogP contribution in [0.15, 0.2) is 0 Å². The summed E-state index contributed by atoms with van der Waals surface area (Å²) in [7, 11) is -3.78.